The second-order valence-electron chi connectivity index (χ2n) is 14.9. The van der Waals surface area contributed by atoms with Crippen LogP contribution in [0.4, 0.5) is 0 Å². The molecule has 0 N–H and O–H groups in total. The van der Waals surface area contributed by atoms with Crippen LogP contribution in [0.2, 0.25) is 22.7 Å². The van der Waals surface area contributed by atoms with Crippen molar-refractivity contribution in [3.8, 4) is 0 Å². The minimum atomic E-state index is -1.29. The van der Waals surface area contributed by atoms with Gasteiger partial charge in [0.05, 0.1) is 8.07 Å². The average Bonchev–Trinajstić information content (AvgIpc) is 3.43. The van der Waals surface area contributed by atoms with E-state index in [0.717, 1.165) is 5.04 Å². The summed E-state index contributed by atoms with van der Waals surface area (Å²) in [5.41, 5.74) is 2.56. The molecule has 0 amide bonds. The molecule has 8 aliphatic rings. The van der Waals surface area contributed by atoms with E-state index >= 15 is 0 Å². The molecule has 0 bridgehead atoms. The molecule has 1 heterocycles. The highest BCUT2D eigenvalue weighted by Gasteiger charge is 2.84. The molecule has 178 valence electrons. The molecule has 0 aromatic heterocycles. The van der Waals surface area contributed by atoms with E-state index < -0.39 is 8.07 Å². The molecule has 0 aromatic carbocycles. The maximum Gasteiger partial charge on any atom is 0.0643 e. The van der Waals surface area contributed by atoms with E-state index in [-0.39, 0.29) is 0 Å². The Labute approximate surface area is 199 Å². The fraction of sp³-hybridized carbons (Fsp3) is 1.00. The standard InChI is InChI=1S/C31H50Si/c1-32(27-18-17-20-10-2-3-11-21(20)27)30-25-15-7-6-14-24(25)28-23-13-5-4-12-22(23)26-16-8-9-19-31(26,32)29(28)30/h20-30H,2-19H2,1H3. The van der Waals surface area contributed by atoms with Gasteiger partial charge >= 0.3 is 0 Å². The van der Waals surface area contributed by atoms with Crippen LogP contribution in [-0.4, -0.2) is 8.07 Å². The van der Waals surface area contributed by atoms with Gasteiger partial charge in [-0.2, -0.15) is 0 Å². The molecule has 1 aliphatic heterocycles. The number of fused-ring (bicyclic) bond motifs is 7. The Hall–Kier alpha value is 0.217. The SMILES string of the molecule is C[Si]1(C2CCC3CCCCC32)C2C3CCCCC3C3C4CCCCC4C4CCCCC41C32. The molecule has 8 fully saturated rings. The topological polar surface area (TPSA) is 0 Å². The molecule has 1 saturated heterocycles. The minimum Gasteiger partial charge on any atom is -0.0683 e. The summed E-state index contributed by atoms with van der Waals surface area (Å²) in [6.07, 6.45) is 29.4. The molecular weight excluding hydrogens is 400 g/mol. The van der Waals surface area contributed by atoms with Crippen molar-refractivity contribution in [3.63, 3.8) is 0 Å². The third-order valence-corrected chi connectivity index (χ3v) is 22.3. The molecule has 13 unspecified atom stereocenters. The van der Waals surface area contributed by atoms with Crippen molar-refractivity contribution in [2.24, 2.45) is 53.3 Å². The van der Waals surface area contributed by atoms with Crippen molar-refractivity contribution < 1.29 is 0 Å². The third kappa shape index (κ3) is 2.24. The lowest BCUT2D eigenvalue weighted by Gasteiger charge is -2.78. The lowest BCUT2D eigenvalue weighted by Crippen LogP contribution is -2.75. The summed E-state index contributed by atoms with van der Waals surface area (Å²) in [5.74, 6) is 10.8. The summed E-state index contributed by atoms with van der Waals surface area (Å²) in [5, 5.41) is 0.938. The maximum atomic E-state index is 3.14. The van der Waals surface area contributed by atoms with Crippen molar-refractivity contribution >= 4 is 8.07 Å². The van der Waals surface area contributed by atoms with Crippen molar-refractivity contribution in [1.29, 1.82) is 0 Å². The maximum absolute atomic E-state index is 3.14. The summed E-state index contributed by atoms with van der Waals surface area (Å²) >= 11 is 0. The molecule has 0 radical (unpaired) electrons. The highest BCUT2D eigenvalue weighted by Crippen LogP contribution is 2.90. The molecule has 7 saturated carbocycles. The first-order valence-corrected chi connectivity index (χ1v) is 18.4. The highest BCUT2D eigenvalue weighted by atomic mass is 28.3. The number of hydrogen-bond acceptors (Lipinski definition) is 0. The van der Waals surface area contributed by atoms with Gasteiger partial charge in [-0.15, -0.1) is 0 Å². The molecule has 7 aliphatic carbocycles. The van der Waals surface area contributed by atoms with Crippen molar-refractivity contribution in [2.75, 3.05) is 0 Å². The first-order valence-electron chi connectivity index (χ1n) is 15.8. The van der Waals surface area contributed by atoms with Crippen LogP contribution in [0.5, 0.6) is 0 Å². The molecular formula is C31H50Si. The average molecular weight is 451 g/mol. The zero-order valence-corrected chi connectivity index (χ0v) is 22.1. The molecule has 13 atom stereocenters. The largest absolute Gasteiger partial charge is 0.0683 e. The quantitative estimate of drug-likeness (QED) is 0.349. The summed E-state index contributed by atoms with van der Waals surface area (Å²) in [4.78, 5) is 0. The molecule has 0 aromatic rings. The first-order chi connectivity index (χ1) is 15.8. The fourth-order valence-corrected chi connectivity index (χ4v) is 23.8. The Morgan fingerprint density at radius 1 is 0.562 bits per heavy atom. The van der Waals surface area contributed by atoms with Crippen LogP contribution in [0.15, 0.2) is 0 Å². The normalized spacial score (nSPS) is 62.7. The Morgan fingerprint density at radius 2 is 1.19 bits per heavy atom. The monoisotopic (exact) mass is 450 g/mol. The molecule has 1 heteroatoms. The van der Waals surface area contributed by atoms with E-state index in [9.17, 15) is 0 Å². The third-order valence-electron chi connectivity index (χ3n) is 14.9. The molecule has 0 nitrogen and oxygen atoms in total. The van der Waals surface area contributed by atoms with Gasteiger partial charge in [-0.25, -0.2) is 0 Å². The van der Waals surface area contributed by atoms with Gasteiger partial charge < -0.3 is 0 Å². The summed E-state index contributed by atoms with van der Waals surface area (Å²) in [6.45, 7) is 3.14. The Morgan fingerprint density at radius 3 is 2.00 bits per heavy atom. The van der Waals surface area contributed by atoms with Crippen LogP contribution >= 0.6 is 0 Å². The van der Waals surface area contributed by atoms with Crippen molar-refractivity contribution in [3.05, 3.63) is 0 Å². The van der Waals surface area contributed by atoms with Gasteiger partial charge in [-0.1, -0.05) is 90.0 Å². The van der Waals surface area contributed by atoms with Crippen LogP contribution in [0.25, 0.3) is 0 Å². The van der Waals surface area contributed by atoms with Crippen LogP contribution in [0.3, 0.4) is 0 Å². The summed E-state index contributed by atoms with van der Waals surface area (Å²) in [6, 6.07) is 0. The lowest BCUT2D eigenvalue weighted by molar-refractivity contribution is -0.0753. The molecule has 1 spiro atoms. The van der Waals surface area contributed by atoms with Gasteiger partial charge in [0.1, 0.15) is 0 Å². The van der Waals surface area contributed by atoms with Gasteiger partial charge in [0.2, 0.25) is 0 Å². The fourth-order valence-electron chi connectivity index (χ4n) is 14.7. The smallest absolute Gasteiger partial charge is 0.0643 e. The molecule has 8 rings (SSSR count). The second-order valence-corrected chi connectivity index (χ2v) is 19.8. The highest BCUT2D eigenvalue weighted by molar-refractivity contribution is 6.87. The van der Waals surface area contributed by atoms with Crippen LogP contribution in [0.1, 0.15) is 116 Å². The van der Waals surface area contributed by atoms with Crippen LogP contribution < -0.4 is 0 Å². The van der Waals surface area contributed by atoms with E-state index in [1.165, 1.54) is 64.3 Å². The van der Waals surface area contributed by atoms with E-state index in [2.05, 4.69) is 6.55 Å². The van der Waals surface area contributed by atoms with Gasteiger partial charge in [0.25, 0.3) is 0 Å². The van der Waals surface area contributed by atoms with Crippen molar-refractivity contribution in [2.45, 2.75) is 138 Å². The summed E-state index contributed by atoms with van der Waals surface area (Å²) < 4.78 is 0. The molecule has 32 heavy (non-hydrogen) atoms. The van der Waals surface area contributed by atoms with Gasteiger partial charge in [-0.05, 0) is 101 Å². The van der Waals surface area contributed by atoms with Crippen molar-refractivity contribution in [1.82, 2.24) is 0 Å². The minimum absolute atomic E-state index is 0.938. The second kappa shape index (κ2) is 7.13. The van der Waals surface area contributed by atoms with Crippen LogP contribution in [0, 0.1) is 53.3 Å². The van der Waals surface area contributed by atoms with Crippen LogP contribution in [-0.2, 0) is 0 Å². The number of rotatable bonds is 1. The summed E-state index contributed by atoms with van der Waals surface area (Å²) in [7, 11) is -1.29. The first kappa shape index (κ1) is 20.4. The van der Waals surface area contributed by atoms with Gasteiger partial charge in [0, 0.05) is 0 Å². The Bertz CT molecular complexity index is 760. The Kier molecular flexibility index (Phi) is 4.55. The van der Waals surface area contributed by atoms with E-state index in [1.54, 1.807) is 116 Å². The Balaban J connectivity index is 1.29. The lowest BCUT2D eigenvalue weighted by atomic mass is 9.49. The predicted octanol–water partition coefficient (Wildman–Crippen LogP) is 9.22. The number of hydrogen-bond donors (Lipinski definition) is 0. The zero-order valence-electron chi connectivity index (χ0n) is 21.1. The zero-order chi connectivity index (χ0) is 21.1. The van der Waals surface area contributed by atoms with E-state index in [0.29, 0.717) is 0 Å². The predicted molar refractivity (Wildman–Crippen MR) is 136 cm³/mol. The van der Waals surface area contributed by atoms with Gasteiger partial charge in [-0.3, -0.25) is 0 Å². The van der Waals surface area contributed by atoms with Gasteiger partial charge in [0.15, 0.2) is 0 Å². The van der Waals surface area contributed by atoms with E-state index in [1.807, 2.05) is 0 Å². The van der Waals surface area contributed by atoms with E-state index in [4.69, 9.17) is 0 Å².